The third kappa shape index (κ3) is 7.79. The van der Waals surface area contributed by atoms with Crippen LogP contribution in [0.25, 0.3) is 10.8 Å². The van der Waals surface area contributed by atoms with Crippen LogP contribution >= 0.6 is 0 Å². The Bertz CT molecular complexity index is 2090. The van der Waals surface area contributed by atoms with E-state index in [2.05, 4.69) is 10.3 Å². The molecule has 2 aliphatic heterocycles. The number of fused-ring (bicyclic) bond motifs is 3. The molecule has 3 N–H and O–H groups in total. The molecule has 0 bridgehead atoms. The number of methoxy groups -OCH3 is 1. The number of amides is 4. The van der Waals surface area contributed by atoms with Gasteiger partial charge in [0, 0.05) is 30.0 Å². The summed E-state index contributed by atoms with van der Waals surface area (Å²) in [4.78, 5) is 62.7. The first kappa shape index (κ1) is 43.0. The molecule has 2 saturated carbocycles. The highest BCUT2D eigenvalue weighted by Crippen LogP contribution is 2.48. The average molecular weight is 836 g/mol. The number of nitrogens with zero attached hydrogens (tertiary/aromatic N) is 3. The molecule has 0 unspecified atom stereocenters. The molecule has 2 aromatic rings. The van der Waals surface area contributed by atoms with Crippen LogP contribution in [0.5, 0.6) is 11.6 Å². The number of hydrogen-bond acceptors (Lipinski definition) is 9. The number of nitrogens with one attached hydrogen (secondary N) is 2. The molecule has 1 saturated heterocycles. The zero-order chi connectivity index (χ0) is 42.6. The number of hydrogen-bond donors (Lipinski definition) is 3. The fourth-order valence-corrected chi connectivity index (χ4v) is 9.79. The number of rotatable bonds is 10. The summed E-state index contributed by atoms with van der Waals surface area (Å²) >= 11 is 0. The Morgan fingerprint density at radius 3 is 2.40 bits per heavy atom. The van der Waals surface area contributed by atoms with Crippen molar-refractivity contribution in [3.05, 3.63) is 42.6 Å². The number of ether oxygens (including phenoxy) is 2. The lowest BCUT2D eigenvalue weighted by atomic mass is 9.84. The highest BCUT2D eigenvalue weighted by Gasteiger charge is 2.64. The molecular formula is C40H52F3N5O9S. The van der Waals surface area contributed by atoms with Crippen LogP contribution in [0, 0.1) is 17.8 Å². The quantitative estimate of drug-likeness (QED) is 0.269. The Morgan fingerprint density at radius 1 is 1.12 bits per heavy atom. The van der Waals surface area contributed by atoms with Crippen molar-refractivity contribution in [2.24, 2.45) is 17.8 Å². The van der Waals surface area contributed by atoms with E-state index < -0.39 is 92.3 Å². The van der Waals surface area contributed by atoms with E-state index in [1.54, 1.807) is 43.3 Å². The minimum Gasteiger partial charge on any atom is -0.494 e. The average Bonchev–Trinajstić information content (AvgIpc) is 4.06. The lowest BCUT2D eigenvalue weighted by Crippen LogP contribution is -2.66. The van der Waals surface area contributed by atoms with E-state index >= 15 is 13.6 Å². The van der Waals surface area contributed by atoms with E-state index in [9.17, 15) is 32.3 Å². The third-order valence-corrected chi connectivity index (χ3v) is 14.7. The summed E-state index contributed by atoms with van der Waals surface area (Å²) in [7, 11) is -2.99. The van der Waals surface area contributed by atoms with Crippen LogP contribution in [0.1, 0.15) is 79.6 Å². The zero-order valence-corrected chi connectivity index (χ0v) is 34.3. The second-order valence-corrected chi connectivity index (χ2v) is 19.1. The number of alkyl halides is 3. The van der Waals surface area contributed by atoms with E-state index in [0.717, 1.165) is 18.7 Å². The van der Waals surface area contributed by atoms with Crippen molar-refractivity contribution in [2.75, 3.05) is 20.3 Å². The molecule has 0 spiro atoms. The van der Waals surface area contributed by atoms with E-state index in [1.165, 1.54) is 13.3 Å². The summed E-state index contributed by atoms with van der Waals surface area (Å²) in [6.45, 7) is 4.70. The second kappa shape index (κ2) is 15.5. The Labute approximate surface area is 335 Å². The van der Waals surface area contributed by atoms with Gasteiger partial charge in [0.1, 0.15) is 46.4 Å². The maximum absolute atomic E-state index is 15.3. The summed E-state index contributed by atoms with van der Waals surface area (Å²) in [5.41, 5.74) is -4.18. The number of aromatic nitrogens is 1. The van der Waals surface area contributed by atoms with Gasteiger partial charge in [0.2, 0.25) is 27.7 Å². The van der Waals surface area contributed by atoms with Gasteiger partial charge in [0.05, 0.1) is 19.9 Å². The number of allylic oxidation sites excluding steroid dienone is 1. The molecule has 58 heavy (non-hydrogen) atoms. The molecule has 3 heterocycles. The van der Waals surface area contributed by atoms with Crippen LogP contribution in [0.2, 0.25) is 0 Å². The van der Waals surface area contributed by atoms with Crippen molar-refractivity contribution < 1.29 is 55.3 Å². The highest BCUT2D eigenvalue weighted by molar-refractivity contribution is 7.91. The molecule has 18 heteroatoms. The Kier molecular flexibility index (Phi) is 11.5. The van der Waals surface area contributed by atoms with E-state index in [0.29, 0.717) is 41.2 Å². The molecule has 4 amide bonds. The summed E-state index contributed by atoms with van der Waals surface area (Å²) in [6, 6.07) is 3.96. The number of halogens is 3. The molecule has 318 valence electrons. The first-order chi connectivity index (χ1) is 27.1. The summed E-state index contributed by atoms with van der Waals surface area (Å²) in [6.07, 6.45) is 3.40. The maximum Gasteiger partial charge on any atom is 0.408 e. The second-order valence-electron chi connectivity index (χ2n) is 17.1. The van der Waals surface area contributed by atoms with Crippen LogP contribution in [0.15, 0.2) is 42.6 Å². The maximum atomic E-state index is 15.3. The van der Waals surface area contributed by atoms with Gasteiger partial charge in [-0.25, -0.2) is 31.4 Å². The Balaban J connectivity index is 1.42. The summed E-state index contributed by atoms with van der Waals surface area (Å²) in [5.74, 6) is -7.45. The Hall–Kier alpha value is -4.61. The molecule has 2 aliphatic carbocycles. The van der Waals surface area contributed by atoms with Gasteiger partial charge in [0.25, 0.3) is 11.8 Å². The van der Waals surface area contributed by atoms with Gasteiger partial charge in [-0.3, -0.25) is 24.0 Å². The topological polar surface area (TPSA) is 185 Å². The van der Waals surface area contributed by atoms with Crippen molar-refractivity contribution in [2.45, 2.75) is 119 Å². The van der Waals surface area contributed by atoms with E-state index in [-0.39, 0.29) is 50.4 Å². The van der Waals surface area contributed by atoms with Crippen LogP contribution in [-0.2, 0) is 24.4 Å². The number of carboxylic acid groups (broad SMARTS) is 1. The molecule has 1 aromatic carbocycles. The van der Waals surface area contributed by atoms with Crippen LogP contribution < -0.4 is 19.5 Å². The third-order valence-electron chi connectivity index (χ3n) is 12.6. The van der Waals surface area contributed by atoms with Crippen LogP contribution in [0.3, 0.4) is 0 Å². The van der Waals surface area contributed by atoms with Crippen molar-refractivity contribution in [3.8, 4) is 11.6 Å². The van der Waals surface area contributed by atoms with Gasteiger partial charge in [-0.1, -0.05) is 44.2 Å². The van der Waals surface area contributed by atoms with Gasteiger partial charge in [-0.05, 0) is 70.3 Å². The van der Waals surface area contributed by atoms with E-state index in [4.69, 9.17) is 9.47 Å². The van der Waals surface area contributed by atoms with Crippen molar-refractivity contribution in [1.82, 2.24) is 24.8 Å². The van der Waals surface area contributed by atoms with Gasteiger partial charge >= 0.3 is 6.09 Å². The van der Waals surface area contributed by atoms with Crippen LogP contribution in [0.4, 0.5) is 18.0 Å². The SMILES string of the molecule is COc1cnc(O[C@@H]2C[C@H]3C(=O)N[C@]4(C(=O)NS(=O)(=O)C5(CF)CC5)C[C@H]4/C=C\CC[C@@H](C)C[C@@H](C)[C@H](N(C(=O)O)C(C)(C)C(C)(F)F)C(=O)N3C2)c2ccccc12. The molecule has 1 aromatic heterocycles. The first-order valence-electron chi connectivity index (χ1n) is 19.5. The number of carbonyl (C=O) groups is 4. The van der Waals surface area contributed by atoms with Gasteiger partial charge in [0.15, 0.2) is 0 Å². The fourth-order valence-electron chi connectivity index (χ4n) is 8.37. The standard InChI is InChI=1S/C40H52F3N5O9S/c1-23-11-7-8-12-25-19-40(25,35(51)46-58(54,55)39(22-41)15-16-39)45-32(49)29-18-26(57-33-28-14-10-9-13-27(28)30(56-6)20-44-33)21-47(29)34(50)31(24(2)17-23)48(36(52)53)37(3,4)38(5,42)43/h8-10,12-14,20,23-26,29,31H,7,11,15-19,21-22H2,1-6H3,(H,45,49)(H,46,51)(H,52,53)/b12-8-/t23-,24-,25-,26-,29+,31+,40-/m1/s1. The lowest BCUT2D eigenvalue weighted by molar-refractivity contribution is -0.156. The molecule has 3 fully saturated rings. The predicted octanol–water partition coefficient (Wildman–Crippen LogP) is 5.21. The summed E-state index contributed by atoms with van der Waals surface area (Å²) in [5, 5.41) is 14.5. The number of benzene rings is 1. The molecule has 7 atom stereocenters. The molecular weight excluding hydrogens is 784 g/mol. The van der Waals surface area contributed by atoms with Crippen molar-refractivity contribution >= 4 is 44.6 Å². The minimum atomic E-state index is -4.47. The van der Waals surface area contributed by atoms with Gasteiger partial charge in [-0.2, -0.15) is 0 Å². The monoisotopic (exact) mass is 835 g/mol. The zero-order valence-electron chi connectivity index (χ0n) is 33.5. The predicted molar refractivity (Wildman–Crippen MR) is 206 cm³/mol. The minimum absolute atomic E-state index is 0.00332. The lowest BCUT2D eigenvalue weighted by Gasteiger charge is -2.47. The molecule has 14 nitrogen and oxygen atoms in total. The number of carbonyl (C=O) groups excluding carboxylic acids is 3. The van der Waals surface area contributed by atoms with Gasteiger partial charge < -0.3 is 24.8 Å². The number of pyridine rings is 1. The molecule has 4 aliphatic rings. The smallest absolute Gasteiger partial charge is 0.408 e. The largest absolute Gasteiger partial charge is 0.494 e. The highest BCUT2D eigenvalue weighted by atomic mass is 32.2. The molecule has 6 rings (SSSR count). The summed E-state index contributed by atoms with van der Waals surface area (Å²) < 4.78 is 83.1. The number of sulfonamides is 1. The van der Waals surface area contributed by atoms with Crippen LogP contribution in [-0.4, -0.2) is 112 Å². The Morgan fingerprint density at radius 2 is 1.79 bits per heavy atom. The van der Waals surface area contributed by atoms with Crippen molar-refractivity contribution in [1.29, 1.82) is 0 Å². The first-order valence-corrected chi connectivity index (χ1v) is 21.0. The van der Waals surface area contributed by atoms with E-state index in [1.807, 2.05) is 11.6 Å². The van der Waals surface area contributed by atoms with Gasteiger partial charge in [-0.15, -0.1) is 0 Å². The molecule has 0 radical (unpaired) electrons. The fraction of sp³-hybridized carbons (Fsp3) is 0.625. The van der Waals surface area contributed by atoms with Crippen molar-refractivity contribution in [3.63, 3.8) is 0 Å². The normalized spacial score (nSPS) is 29.5.